The summed E-state index contributed by atoms with van der Waals surface area (Å²) in [5.41, 5.74) is 4.01. The molecule has 0 saturated carbocycles. The van der Waals surface area contributed by atoms with Crippen molar-refractivity contribution < 1.29 is 12.6 Å². The molecule has 4 rings (SSSR count). The normalized spacial score (nSPS) is 11.8. The van der Waals surface area contributed by atoms with Crippen molar-refractivity contribution in [2.45, 2.75) is 6.54 Å². The summed E-state index contributed by atoms with van der Waals surface area (Å²) in [5.74, 6) is 1.07. The van der Waals surface area contributed by atoms with Crippen LogP contribution < -0.4 is 4.18 Å². The monoisotopic (exact) mass is 407 g/mol. The zero-order valence-corrected chi connectivity index (χ0v) is 17.0. The molecular formula is C22H21N3O3S. The molecule has 4 aromatic rings. The van der Waals surface area contributed by atoms with Crippen LogP contribution in [0, 0.1) is 0 Å². The molecule has 0 atom stereocenters. The number of nitrogens with zero attached hydrogens (tertiary/aromatic N) is 3. The molecule has 3 aromatic carbocycles. The predicted octanol–water partition coefficient (Wildman–Crippen LogP) is 3.94. The quantitative estimate of drug-likeness (QED) is 0.486. The topological polar surface area (TPSA) is 64.4 Å². The Balaban J connectivity index is 1.73. The van der Waals surface area contributed by atoms with Gasteiger partial charge < -0.3 is 8.75 Å². The number of imidazole rings is 1. The van der Waals surface area contributed by atoms with Crippen molar-refractivity contribution in [1.29, 1.82) is 0 Å². The van der Waals surface area contributed by atoms with Gasteiger partial charge in [-0.05, 0) is 42.0 Å². The van der Waals surface area contributed by atoms with Gasteiger partial charge in [0.05, 0.1) is 11.0 Å². The minimum Gasteiger partial charge on any atom is -0.371 e. The Labute approximate surface area is 170 Å². The molecule has 0 aliphatic heterocycles. The van der Waals surface area contributed by atoms with Crippen molar-refractivity contribution in [1.82, 2.24) is 13.9 Å². The lowest BCUT2D eigenvalue weighted by Gasteiger charge is -2.13. The lowest BCUT2D eigenvalue weighted by Crippen LogP contribution is -2.26. The Hall–Kier alpha value is -3.16. The Kier molecular flexibility index (Phi) is 5.08. The molecule has 0 saturated heterocycles. The fraction of sp³-hybridized carbons (Fsp3) is 0.136. The van der Waals surface area contributed by atoms with Gasteiger partial charge in [-0.3, -0.25) is 0 Å². The van der Waals surface area contributed by atoms with Gasteiger partial charge in [0.1, 0.15) is 11.6 Å². The first kappa shape index (κ1) is 19.2. The van der Waals surface area contributed by atoms with E-state index in [0.717, 1.165) is 26.7 Å². The second-order valence-electron chi connectivity index (χ2n) is 6.84. The van der Waals surface area contributed by atoms with Gasteiger partial charge in [-0.1, -0.05) is 42.5 Å². The van der Waals surface area contributed by atoms with E-state index < -0.39 is 10.3 Å². The maximum Gasteiger partial charge on any atom is 0.384 e. The summed E-state index contributed by atoms with van der Waals surface area (Å²) in [6.45, 7) is 0.684. The summed E-state index contributed by atoms with van der Waals surface area (Å²) in [7, 11) is -0.933. The average molecular weight is 407 g/mol. The molecule has 1 heterocycles. The zero-order valence-electron chi connectivity index (χ0n) is 16.2. The molecule has 0 spiro atoms. The second kappa shape index (κ2) is 7.69. The molecule has 29 heavy (non-hydrogen) atoms. The Morgan fingerprint density at radius 3 is 2.24 bits per heavy atom. The molecule has 6 nitrogen and oxygen atoms in total. The maximum atomic E-state index is 11.9. The number of aromatic nitrogens is 2. The van der Waals surface area contributed by atoms with Gasteiger partial charge in [-0.25, -0.2) is 4.98 Å². The van der Waals surface area contributed by atoms with Gasteiger partial charge in [-0.15, -0.1) is 0 Å². The molecule has 148 valence electrons. The molecule has 0 fully saturated rings. The first-order valence-corrected chi connectivity index (χ1v) is 10.5. The van der Waals surface area contributed by atoms with Crippen LogP contribution >= 0.6 is 0 Å². The Morgan fingerprint density at radius 1 is 0.897 bits per heavy atom. The van der Waals surface area contributed by atoms with E-state index >= 15 is 0 Å². The maximum absolute atomic E-state index is 11.9. The van der Waals surface area contributed by atoms with E-state index in [9.17, 15) is 8.42 Å². The summed E-state index contributed by atoms with van der Waals surface area (Å²) >= 11 is 0. The highest BCUT2D eigenvalue weighted by atomic mass is 32.2. The number of rotatable bonds is 6. The molecule has 0 aliphatic rings. The van der Waals surface area contributed by atoms with E-state index in [1.54, 1.807) is 12.1 Å². The number of fused-ring (bicyclic) bond motifs is 1. The molecule has 0 N–H and O–H groups in total. The minimum absolute atomic E-state index is 0.258. The molecule has 1 aromatic heterocycles. The van der Waals surface area contributed by atoms with Crippen LogP contribution in [0.1, 0.15) is 5.56 Å². The minimum atomic E-state index is -3.79. The first-order chi connectivity index (χ1) is 13.9. The van der Waals surface area contributed by atoms with Crippen LogP contribution in [-0.2, 0) is 16.8 Å². The van der Waals surface area contributed by atoms with E-state index in [0.29, 0.717) is 6.54 Å². The van der Waals surface area contributed by atoms with Gasteiger partial charge in [-0.2, -0.15) is 12.7 Å². The van der Waals surface area contributed by atoms with E-state index in [1.807, 2.05) is 48.5 Å². The van der Waals surface area contributed by atoms with Crippen LogP contribution in [0.3, 0.4) is 0 Å². The van der Waals surface area contributed by atoms with Crippen molar-refractivity contribution in [3.8, 4) is 17.1 Å². The van der Waals surface area contributed by atoms with Crippen molar-refractivity contribution in [2.24, 2.45) is 0 Å². The first-order valence-electron chi connectivity index (χ1n) is 9.15. The number of hydrogen-bond acceptors (Lipinski definition) is 4. The second-order valence-corrected chi connectivity index (χ2v) is 8.60. The SMILES string of the molecule is CN(C)S(=O)(=O)Oc1ccc(-c2nc3ccccc3n2Cc2ccccc2)cc1. The number of benzene rings is 3. The van der Waals surface area contributed by atoms with Crippen molar-refractivity contribution in [3.63, 3.8) is 0 Å². The third-order valence-corrected chi connectivity index (χ3v) is 5.90. The highest BCUT2D eigenvalue weighted by Gasteiger charge is 2.17. The summed E-state index contributed by atoms with van der Waals surface area (Å²) in [6, 6.07) is 25.1. The fourth-order valence-corrected chi connectivity index (χ4v) is 3.58. The largest absolute Gasteiger partial charge is 0.384 e. The van der Waals surface area contributed by atoms with Gasteiger partial charge in [0.2, 0.25) is 0 Å². The van der Waals surface area contributed by atoms with Crippen LogP contribution in [0.5, 0.6) is 5.75 Å². The van der Waals surface area contributed by atoms with Gasteiger partial charge in [0.25, 0.3) is 0 Å². The molecule has 0 aliphatic carbocycles. The molecule has 0 unspecified atom stereocenters. The molecular weight excluding hydrogens is 386 g/mol. The lowest BCUT2D eigenvalue weighted by atomic mass is 10.2. The third kappa shape index (κ3) is 4.01. The van der Waals surface area contributed by atoms with Crippen LogP contribution in [0.2, 0.25) is 0 Å². The summed E-state index contributed by atoms with van der Waals surface area (Å²) in [5, 5.41) is 0. The molecule has 0 radical (unpaired) electrons. The lowest BCUT2D eigenvalue weighted by molar-refractivity contribution is 0.421. The highest BCUT2D eigenvalue weighted by molar-refractivity contribution is 7.84. The summed E-state index contributed by atoms with van der Waals surface area (Å²) in [6.07, 6.45) is 0. The molecule has 0 amide bonds. The van der Waals surface area contributed by atoms with Crippen LogP contribution in [-0.4, -0.2) is 36.4 Å². The summed E-state index contributed by atoms with van der Waals surface area (Å²) < 4.78 is 32.1. The summed E-state index contributed by atoms with van der Waals surface area (Å²) in [4.78, 5) is 4.81. The average Bonchev–Trinajstić information content (AvgIpc) is 3.07. The van der Waals surface area contributed by atoms with Crippen LogP contribution in [0.15, 0.2) is 78.9 Å². The fourth-order valence-electron chi connectivity index (χ4n) is 3.08. The van der Waals surface area contributed by atoms with Crippen LogP contribution in [0.4, 0.5) is 0 Å². The van der Waals surface area contributed by atoms with Crippen LogP contribution in [0.25, 0.3) is 22.4 Å². The smallest absolute Gasteiger partial charge is 0.371 e. The highest BCUT2D eigenvalue weighted by Crippen LogP contribution is 2.27. The number of hydrogen-bond donors (Lipinski definition) is 0. The van der Waals surface area contributed by atoms with E-state index in [4.69, 9.17) is 9.17 Å². The predicted molar refractivity (Wildman–Crippen MR) is 114 cm³/mol. The van der Waals surface area contributed by atoms with E-state index in [1.165, 1.54) is 19.7 Å². The third-order valence-electron chi connectivity index (χ3n) is 4.60. The van der Waals surface area contributed by atoms with Crippen molar-refractivity contribution in [2.75, 3.05) is 14.1 Å². The van der Waals surface area contributed by atoms with Crippen molar-refractivity contribution in [3.05, 3.63) is 84.4 Å². The zero-order chi connectivity index (χ0) is 20.4. The van der Waals surface area contributed by atoms with Gasteiger partial charge in [0.15, 0.2) is 0 Å². The van der Waals surface area contributed by atoms with Crippen molar-refractivity contribution >= 4 is 21.3 Å². The number of para-hydroxylation sites is 2. The van der Waals surface area contributed by atoms with E-state index in [2.05, 4.69) is 22.8 Å². The Bertz CT molecular complexity index is 1230. The Morgan fingerprint density at radius 2 is 1.55 bits per heavy atom. The van der Waals surface area contributed by atoms with Gasteiger partial charge >= 0.3 is 10.3 Å². The standard InChI is InChI=1S/C22H21N3O3S/c1-24(2)29(26,27)28-19-14-12-18(13-15-19)22-23-20-10-6-7-11-21(20)25(22)16-17-8-4-3-5-9-17/h3-15H,16H2,1-2H3. The molecule has 0 bridgehead atoms. The molecule has 7 heteroatoms. The van der Waals surface area contributed by atoms with E-state index in [-0.39, 0.29) is 5.75 Å². The van der Waals surface area contributed by atoms with Gasteiger partial charge in [0, 0.05) is 26.2 Å².